The Morgan fingerprint density at radius 3 is 2.15 bits per heavy atom. The van der Waals surface area contributed by atoms with Crippen LogP contribution >= 0.6 is 0 Å². The van der Waals surface area contributed by atoms with Crippen LogP contribution in [-0.2, 0) is 20.3 Å². The Bertz CT molecular complexity index is 499. The first kappa shape index (κ1) is 16.9. The molecule has 0 heterocycles. The Morgan fingerprint density at radius 2 is 1.65 bits per heavy atom. The third-order valence-corrected chi connectivity index (χ3v) is 3.38. The summed E-state index contributed by atoms with van der Waals surface area (Å²) in [4.78, 5) is 0. The quantitative estimate of drug-likeness (QED) is 0.618. The molecular formula is C14H22O5S. The molecule has 5 nitrogen and oxygen atoms in total. The largest absolute Gasteiger partial charge is 0.491 e. The minimum Gasteiger partial charge on any atom is -0.491 e. The van der Waals surface area contributed by atoms with E-state index >= 15 is 0 Å². The van der Waals surface area contributed by atoms with E-state index in [4.69, 9.17) is 14.0 Å². The van der Waals surface area contributed by atoms with Crippen molar-refractivity contribution in [3.8, 4) is 5.75 Å². The molecule has 1 aromatic carbocycles. The fraction of sp³-hybridized carbons (Fsp3) is 0.571. The van der Waals surface area contributed by atoms with Gasteiger partial charge in [-0.05, 0) is 23.1 Å². The SMILES string of the molecule is CC(C)(C)c1ccc(OCCOCCS(=O)(=O)O)cc1. The maximum Gasteiger partial charge on any atom is 0.267 e. The molecule has 114 valence electrons. The maximum atomic E-state index is 10.4. The van der Waals surface area contributed by atoms with Gasteiger partial charge in [-0.1, -0.05) is 32.9 Å². The van der Waals surface area contributed by atoms with Crippen molar-refractivity contribution in [3.63, 3.8) is 0 Å². The fourth-order valence-electron chi connectivity index (χ4n) is 1.54. The second-order valence-corrected chi connectivity index (χ2v) is 7.09. The van der Waals surface area contributed by atoms with Crippen molar-refractivity contribution in [1.82, 2.24) is 0 Å². The Morgan fingerprint density at radius 1 is 1.05 bits per heavy atom. The lowest BCUT2D eigenvalue weighted by molar-refractivity contribution is 0.110. The molecule has 0 atom stereocenters. The van der Waals surface area contributed by atoms with Crippen molar-refractivity contribution < 1.29 is 22.4 Å². The van der Waals surface area contributed by atoms with Gasteiger partial charge in [-0.2, -0.15) is 8.42 Å². The molecule has 1 aromatic rings. The molecule has 6 heteroatoms. The summed E-state index contributed by atoms with van der Waals surface area (Å²) in [5, 5.41) is 0. The van der Waals surface area contributed by atoms with E-state index in [1.54, 1.807) is 0 Å². The van der Waals surface area contributed by atoms with Crippen molar-refractivity contribution in [2.45, 2.75) is 26.2 Å². The van der Waals surface area contributed by atoms with E-state index in [0.717, 1.165) is 5.75 Å². The van der Waals surface area contributed by atoms with E-state index in [9.17, 15) is 8.42 Å². The molecule has 0 unspecified atom stereocenters. The van der Waals surface area contributed by atoms with Crippen LogP contribution in [0.5, 0.6) is 5.75 Å². The highest BCUT2D eigenvalue weighted by Crippen LogP contribution is 2.24. The summed E-state index contributed by atoms with van der Waals surface area (Å²) >= 11 is 0. The molecule has 0 fully saturated rings. The zero-order valence-electron chi connectivity index (χ0n) is 12.1. The first-order valence-corrected chi connectivity index (χ1v) is 8.06. The maximum absolute atomic E-state index is 10.4. The van der Waals surface area contributed by atoms with E-state index < -0.39 is 15.9 Å². The Balaban J connectivity index is 2.26. The van der Waals surface area contributed by atoms with Crippen LogP contribution in [0.4, 0.5) is 0 Å². The lowest BCUT2D eigenvalue weighted by Gasteiger charge is -2.19. The lowest BCUT2D eigenvalue weighted by Crippen LogP contribution is -2.14. The molecule has 20 heavy (non-hydrogen) atoms. The van der Waals surface area contributed by atoms with Gasteiger partial charge >= 0.3 is 0 Å². The molecular weight excluding hydrogens is 280 g/mol. The van der Waals surface area contributed by atoms with Crippen LogP contribution in [0, 0.1) is 0 Å². The number of benzene rings is 1. The highest BCUT2D eigenvalue weighted by atomic mass is 32.2. The van der Waals surface area contributed by atoms with Crippen LogP contribution in [0.25, 0.3) is 0 Å². The molecule has 0 aliphatic rings. The van der Waals surface area contributed by atoms with Gasteiger partial charge in [0, 0.05) is 0 Å². The summed E-state index contributed by atoms with van der Waals surface area (Å²) in [6, 6.07) is 7.85. The van der Waals surface area contributed by atoms with Gasteiger partial charge in [0.25, 0.3) is 10.1 Å². The van der Waals surface area contributed by atoms with Crippen molar-refractivity contribution in [1.29, 1.82) is 0 Å². The van der Waals surface area contributed by atoms with E-state index in [-0.39, 0.29) is 18.6 Å². The van der Waals surface area contributed by atoms with E-state index in [1.807, 2.05) is 24.3 Å². The molecule has 0 saturated heterocycles. The molecule has 1 rings (SSSR count). The molecule has 0 amide bonds. The highest BCUT2D eigenvalue weighted by molar-refractivity contribution is 7.85. The lowest BCUT2D eigenvalue weighted by atomic mass is 9.87. The standard InChI is InChI=1S/C14H22O5S/c1-14(2,3)12-4-6-13(7-5-12)19-9-8-18-10-11-20(15,16)17/h4-7H,8-11H2,1-3H3,(H,15,16,17). The molecule has 0 aliphatic heterocycles. The minimum atomic E-state index is -3.95. The van der Waals surface area contributed by atoms with Crippen LogP contribution in [0.2, 0.25) is 0 Å². The van der Waals surface area contributed by atoms with Crippen molar-refractivity contribution in [3.05, 3.63) is 29.8 Å². The first-order valence-electron chi connectivity index (χ1n) is 6.45. The average molecular weight is 302 g/mol. The minimum absolute atomic E-state index is 0.0366. The Hall–Kier alpha value is -1.11. The van der Waals surface area contributed by atoms with Gasteiger partial charge in [-0.25, -0.2) is 0 Å². The van der Waals surface area contributed by atoms with Gasteiger partial charge < -0.3 is 9.47 Å². The Labute approximate surface area is 120 Å². The highest BCUT2D eigenvalue weighted by Gasteiger charge is 2.12. The second kappa shape index (κ2) is 7.06. The van der Waals surface area contributed by atoms with Crippen LogP contribution in [0.15, 0.2) is 24.3 Å². The van der Waals surface area contributed by atoms with Gasteiger partial charge in [0.2, 0.25) is 0 Å². The number of hydrogen-bond donors (Lipinski definition) is 1. The fourth-order valence-corrected chi connectivity index (χ4v) is 1.86. The van der Waals surface area contributed by atoms with Gasteiger partial charge in [0.05, 0.1) is 19.0 Å². The third-order valence-electron chi connectivity index (χ3n) is 2.70. The van der Waals surface area contributed by atoms with Crippen LogP contribution in [0.3, 0.4) is 0 Å². The predicted octanol–water partition coefficient (Wildman–Crippen LogP) is 2.27. The summed E-state index contributed by atoms with van der Waals surface area (Å²) in [5.74, 6) is 0.351. The molecule has 0 aromatic heterocycles. The molecule has 0 saturated carbocycles. The van der Waals surface area contributed by atoms with Gasteiger partial charge in [0.15, 0.2) is 0 Å². The molecule has 0 bridgehead atoms. The normalized spacial score (nSPS) is 12.4. The summed E-state index contributed by atoms with van der Waals surface area (Å²) in [5.41, 5.74) is 1.34. The van der Waals surface area contributed by atoms with Gasteiger partial charge in [0.1, 0.15) is 12.4 Å². The zero-order valence-corrected chi connectivity index (χ0v) is 12.9. The number of hydrogen-bond acceptors (Lipinski definition) is 4. The van der Waals surface area contributed by atoms with E-state index in [0.29, 0.717) is 6.61 Å². The number of ether oxygens (including phenoxy) is 2. The van der Waals surface area contributed by atoms with Crippen molar-refractivity contribution >= 4 is 10.1 Å². The zero-order chi connectivity index (χ0) is 15.2. The summed E-state index contributed by atoms with van der Waals surface area (Å²) in [6.45, 7) is 7.01. The number of rotatable bonds is 7. The van der Waals surface area contributed by atoms with Gasteiger partial charge in [-0.15, -0.1) is 0 Å². The summed E-state index contributed by atoms with van der Waals surface area (Å²) in [7, 11) is -3.95. The van der Waals surface area contributed by atoms with Crippen LogP contribution < -0.4 is 4.74 Å². The summed E-state index contributed by atoms with van der Waals surface area (Å²) in [6.07, 6.45) is 0. The first-order chi connectivity index (χ1) is 9.18. The third kappa shape index (κ3) is 6.88. The van der Waals surface area contributed by atoms with Crippen LogP contribution in [0.1, 0.15) is 26.3 Å². The topological polar surface area (TPSA) is 72.8 Å². The molecule has 0 aliphatic carbocycles. The summed E-state index contributed by atoms with van der Waals surface area (Å²) < 4.78 is 39.9. The molecule has 0 spiro atoms. The Kier molecular flexibility index (Phi) is 5.98. The molecule has 0 radical (unpaired) electrons. The van der Waals surface area contributed by atoms with Crippen molar-refractivity contribution in [2.75, 3.05) is 25.6 Å². The predicted molar refractivity (Wildman–Crippen MR) is 77.9 cm³/mol. The average Bonchev–Trinajstić information content (AvgIpc) is 2.32. The monoisotopic (exact) mass is 302 g/mol. The second-order valence-electron chi connectivity index (χ2n) is 5.52. The van der Waals surface area contributed by atoms with Gasteiger partial charge in [-0.3, -0.25) is 4.55 Å². The van der Waals surface area contributed by atoms with E-state index in [1.165, 1.54) is 5.56 Å². The van der Waals surface area contributed by atoms with Crippen LogP contribution in [-0.4, -0.2) is 38.5 Å². The smallest absolute Gasteiger partial charge is 0.267 e. The van der Waals surface area contributed by atoms with Crippen molar-refractivity contribution in [2.24, 2.45) is 0 Å². The molecule has 1 N–H and O–H groups in total. The van der Waals surface area contributed by atoms with E-state index in [2.05, 4.69) is 20.8 Å².